The van der Waals surface area contributed by atoms with Gasteiger partial charge in [-0.3, -0.25) is 0 Å². The number of hydrogen-bond donors (Lipinski definition) is 1. The molecular formula is C25H26NOSi. The van der Waals surface area contributed by atoms with Gasteiger partial charge in [-0.15, -0.1) is 0 Å². The van der Waals surface area contributed by atoms with Gasteiger partial charge in [0.25, 0.3) is 9.04 Å². The summed E-state index contributed by atoms with van der Waals surface area (Å²) in [5, 5.41) is 3.77. The van der Waals surface area contributed by atoms with Crippen molar-refractivity contribution in [3.8, 4) is 0 Å². The number of H-pyrrole nitrogens is 1. The minimum atomic E-state index is -1.39. The summed E-state index contributed by atoms with van der Waals surface area (Å²) >= 11 is 0. The highest BCUT2D eigenvalue weighted by molar-refractivity contribution is 6.80. The fourth-order valence-electron chi connectivity index (χ4n) is 3.63. The summed E-state index contributed by atoms with van der Waals surface area (Å²) in [6.07, 6.45) is 1.98. The van der Waals surface area contributed by atoms with Gasteiger partial charge >= 0.3 is 0 Å². The number of hydrogen-bond acceptors (Lipinski definition) is 1. The molecule has 0 aliphatic carbocycles. The Morgan fingerprint density at radius 2 is 1.36 bits per heavy atom. The van der Waals surface area contributed by atoms with Crippen LogP contribution in [-0.4, -0.2) is 14.0 Å². The fourth-order valence-corrected chi connectivity index (χ4v) is 5.95. The highest BCUT2D eigenvalue weighted by Crippen LogP contribution is 2.39. The Hall–Kier alpha value is -2.62. The number of benzene rings is 3. The molecule has 1 unspecified atom stereocenters. The van der Waals surface area contributed by atoms with Gasteiger partial charge in [0.15, 0.2) is 0 Å². The smallest absolute Gasteiger partial charge is 0.283 e. The zero-order chi connectivity index (χ0) is 19.6. The first-order chi connectivity index (χ1) is 13.5. The predicted octanol–water partition coefficient (Wildman–Crippen LogP) is 5.08. The number of nitrogens with one attached hydrogen (secondary N) is 1. The largest absolute Gasteiger partial charge is 0.400 e. The number of aromatic nitrogens is 1. The molecule has 0 spiro atoms. The van der Waals surface area contributed by atoms with Crippen LogP contribution in [-0.2, 0) is 4.43 Å². The van der Waals surface area contributed by atoms with Crippen LogP contribution in [0.1, 0.15) is 32.4 Å². The third-order valence-corrected chi connectivity index (χ3v) is 7.18. The molecule has 1 aromatic heterocycles. The van der Waals surface area contributed by atoms with Gasteiger partial charge in [0, 0.05) is 11.8 Å². The van der Waals surface area contributed by atoms with Crippen molar-refractivity contribution >= 4 is 30.3 Å². The summed E-state index contributed by atoms with van der Waals surface area (Å²) in [6, 6.07) is 29.9. The van der Waals surface area contributed by atoms with Gasteiger partial charge in [-0.25, -0.2) is 0 Å². The molecule has 3 aromatic carbocycles. The van der Waals surface area contributed by atoms with Crippen molar-refractivity contribution in [3.63, 3.8) is 0 Å². The molecule has 0 saturated carbocycles. The average molecular weight is 385 g/mol. The quantitative estimate of drug-likeness (QED) is 0.477. The molecule has 1 heterocycles. The van der Waals surface area contributed by atoms with Crippen molar-refractivity contribution in [2.45, 2.75) is 26.9 Å². The van der Waals surface area contributed by atoms with Gasteiger partial charge < -0.3 is 9.41 Å². The lowest BCUT2D eigenvalue weighted by Gasteiger charge is -2.34. The molecule has 28 heavy (non-hydrogen) atoms. The molecule has 0 aliphatic rings. The van der Waals surface area contributed by atoms with E-state index in [0.29, 0.717) is 0 Å². The molecule has 1 radical (unpaired) electrons. The lowest BCUT2D eigenvalue weighted by Crippen LogP contribution is -2.47. The van der Waals surface area contributed by atoms with Crippen LogP contribution in [0.4, 0.5) is 0 Å². The molecule has 0 amide bonds. The van der Waals surface area contributed by atoms with E-state index in [1.165, 1.54) is 26.8 Å². The van der Waals surface area contributed by atoms with Gasteiger partial charge in [-0.2, -0.15) is 0 Å². The van der Waals surface area contributed by atoms with Crippen molar-refractivity contribution in [3.05, 3.63) is 96.7 Å². The Kier molecular flexibility index (Phi) is 5.20. The van der Waals surface area contributed by atoms with E-state index in [1.807, 2.05) is 6.20 Å². The van der Waals surface area contributed by atoms with E-state index >= 15 is 0 Å². The second kappa shape index (κ2) is 7.78. The Bertz CT molecular complexity index is 995. The van der Waals surface area contributed by atoms with E-state index in [2.05, 4.69) is 111 Å². The molecule has 1 atom stereocenters. The summed E-state index contributed by atoms with van der Waals surface area (Å²) in [5.74, 6) is 0. The van der Waals surface area contributed by atoms with E-state index in [-0.39, 0.29) is 11.5 Å². The monoisotopic (exact) mass is 384 g/mol. The van der Waals surface area contributed by atoms with Crippen molar-refractivity contribution in [1.29, 1.82) is 0 Å². The van der Waals surface area contributed by atoms with Gasteiger partial charge in [-0.1, -0.05) is 99.6 Å². The molecule has 0 aliphatic heterocycles. The second-order valence-electron chi connectivity index (χ2n) is 8.21. The molecule has 1 N–H and O–H groups in total. The zero-order valence-corrected chi connectivity index (χ0v) is 17.6. The van der Waals surface area contributed by atoms with E-state index in [0.717, 1.165) is 0 Å². The maximum atomic E-state index is 7.03. The average Bonchev–Trinajstić information content (AvgIpc) is 3.18. The molecule has 3 heteroatoms. The minimum Gasteiger partial charge on any atom is -0.400 e. The van der Waals surface area contributed by atoms with Crippen LogP contribution >= 0.6 is 0 Å². The van der Waals surface area contributed by atoms with Crippen LogP contribution in [0.5, 0.6) is 0 Å². The predicted molar refractivity (Wildman–Crippen MR) is 119 cm³/mol. The summed E-state index contributed by atoms with van der Waals surface area (Å²) < 4.78 is 7.03. The van der Waals surface area contributed by atoms with E-state index in [1.54, 1.807) is 0 Å². The normalized spacial score (nSPS) is 13.1. The molecule has 0 bridgehead atoms. The Balaban J connectivity index is 1.81. The van der Waals surface area contributed by atoms with E-state index in [9.17, 15) is 0 Å². The Labute approximate surface area is 168 Å². The van der Waals surface area contributed by atoms with Crippen LogP contribution in [0.25, 0.3) is 10.9 Å². The molecular weight excluding hydrogens is 358 g/mol. The second-order valence-corrected chi connectivity index (χ2v) is 10.3. The van der Waals surface area contributed by atoms with Crippen LogP contribution < -0.4 is 10.4 Å². The topological polar surface area (TPSA) is 25.0 Å². The Morgan fingerprint density at radius 3 is 1.93 bits per heavy atom. The van der Waals surface area contributed by atoms with E-state index in [4.69, 9.17) is 4.43 Å². The van der Waals surface area contributed by atoms with Crippen LogP contribution in [0.15, 0.2) is 91.1 Å². The van der Waals surface area contributed by atoms with Crippen LogP contribution in [0.2, 0.25) is 0 Å². The number of rotatable bonds is 5. The summed E-state index contributed by atoms with van der Waals surface area (Å²) in [4.78, 5) is 3.42. The molecule has 4 rings (SSSR count). The van der Waals surface area contributed by atoms with Crippen molar-refractivity contribution in [1.82, 2.24) is 4.98 Å². The maximum absolute atomic E-state index is 7.03. The van der Waals surface area contributed by atoms with Gasteiger partial charge in [0.2, 0.25) is 0 Å². The van der Waals surface area contributed by atoms with Crippen molar-refractivity contribution in [2.24, 2.45) is 5.41 Å². The highest BCUT2D eigenvalue weighted by Gasteiger charge is 2.33. The lowest BCUT2D eigenvalue weighted by molar-refractivity contribution is 0.0908. The first kappa shape index (κ1) is 18.7. The van der Waals surface area contributed by atoms with Crippen molar-refractivity contribution in [2.75, 3.05) is 0 Å². The molecule has 141 valence electrons. The molecule has 0 saturated heterocycles. The standard InChI is InChI=1S/C25H26NOSi/c1-25(2,3)24(22-16-10-11-19-17-18-26-23(19)22)27-28(20-12-6-4-7-13-20)21-14-8-5-9-15-21/h4-18,24,26H,1-3H3. The third-order valence-electron chi connectivity index (χ3n) is 5.00. The van der Waals surface area contributed by atoms with Crippen LogP contribution in [0.3, 0.4) is 0 Å². The molecule has 2 nitrogen and oxygen atoms in total. The SMILES string of the molecule is CC(C)(C)C(O[Si](c1ccccc1)c1ccccc1)c1cccc2cc[nH]c12. The first-order valence-corrected chi connectivity index (χ1v) is 11.2. The van der Waals surface area contributed by atoms with Crippen LogP contribution in [0, 0.1) is 5.41 Å². The van der Waals surface area contributed by atoms with E-state index < -0.39 is 9.04 Å². The summed E-state index contributed by atoms with van der Waals surface area (Å²) in [5.41, 5.74) is 2.35. The summed E-state index contributed by atoms with van der Waals surface area (Å²) in [6.45, 7) is 6.78. The minimum absolute atomic E-state index is 0.0239. The zero-order valence-electron chi connectivity index (χ0n) is 16.6. The molecule has 4 aromatic rings. The Morgan fingerprint density at radius 1 is 0.750 bits per heavy atom. The summed E-state index contributed by atoms with van der Waals surface area (Å²) in [7, 11) is -1.39. The van der Waals surface area contributed by atoms with Gasteiger partial charge in [-0.05, 0) is 27.2 Å². The van der Waals surface area contributed by atoms with Gasteiger partial charge in [0.05, 0.1) is 11.6 Å². The fraction of sp³-hybridized carbons (Fsp3) is 0.200. The number of fused-ring (bicyclic) bond motifs is 1. The lowest BCUT2D eigenvalue weighted by atomic mass is 9.84. The maximum Gasteiger partial charge on any atom is 0.283 e. The van der Waals surface area contributed by atoms with Gasteiger partial charge in [0.1, 0.15) is 0 Å². The number of aromatic amines is 1. The first-order valence-electron chi connectivity index (χ1n) is 9.74. The number of para-hydroxylation sites is 1. The third kappa shape index (κ3) is 3.82. The van der Waals surface area contributed by atoms with Crippen molar-refractivity contribution < 1.29 is 4.43 Å². The molecule has 0 fully saturated rings. The highest BCUT2D eigenvalue weighted by atomic mass is 28.3.